The van der Waals surface area contributed by atoms with Gasteiger partial charge in [-0.05, 0) is 25.3 Å². The molecule has 2 fully saturated rings. The van der Waals surface area contributed by atoms with E-state index in [9.17, 15) is 9.59 Å². The summed E-state index contributed by atoms with van der Waals surface area (Å²) in [6.45, 7) is 8.81. The number of rotatable bonds is 8. The molecule has 1 heterocycles. The lowest BCUT2D eigenvalue weighted by atomic mass is 10.3. The molecule has 0 aromatic heterocycles. The lowest BCUT2D eigenvalue weighted by Crippen LogP contribution is -2.52. The fourth-order valence-corrected chi connectivity index (χ4v) is 2.42. The lowest BCUT2D eigenvalue weighted by molar-refractivity contribution is -0.132. The molecule has 0 spiro atoms. The number of hydrogen-bond acceptors (Lipinski definition) is 4. The van der Waals surface area contributed by atoms with Crippen LogP contribution < -0.4 is 10.6 Å². The predicted molar refractivity (Wildman–Crippen MR) is 96.3 cm³/mol. The Balaban J connectivity index is 0.00000242. The topological polar surface area (TPSA) is 64.7 Å². The second kappa shape index (κ2) is 11.7. The van der Waals surface area contributed by atoms with E-state index in [0.29, 0.717) is 32.7 Å². The van der Waals surface area contributed by atoms with Gasteiger partial charge in [0.25, 0.3) is 0 Å². The molecule has 1 aliphatic carbocycles. The van der Waals surface area contributed by atoms with Crippen molar-refractivity contribution in [2.75, 3.05) is 52.4 Å². The van der Waals surface area contributed by atoms with Crippen molar-refractivity contribution in [3.8, 4) is 0 Å². The second-order valence-corrected chi connectivity index (χ2v) is 5.82. The number of halogens is 2. The van der Waals surface area contributed by atoms with Crippen LogP contribution in [0.2, 0.25) is 0 Å². The summed E-state index contributed by atoms with van der Waals surface area (Å²) in [5, 5.41) is 6.00. The zero-order valence-electron chi connectivity index (χ0n) is 13.5. The van der Waals surface area contributed by atoms with Crippen LogP contribution in [0.25, 0.3) is 0 Å². The van der Waals surface area contributed by atoms with Gasteiger partial charge in [0.2, 0.25) is 11.8 Å². The van der Waals surface area contributed by atoms with E-state index in [0.717, 1.165) is 25.6 Å². The van der Waals surface area contributed by atoms with Crippen molar-refractivity contribution in [3.63, 3.8) is 0 Å². The largest absolute Gasteiger partial charge is 0.352 e. The highest BCUT2D eigenvalue weighted by molar-refractivity contribution is 5.85. The maximum atomic E-state index is 12.0. The van der Waals surface area contributed by atoms with E-state index in [-0.39, 0.29) is 36.6 Å². The Morgan fingerprint density at radius 2 is 1.78 bits per heavy atom. The van der Waals surface area contributed by atoms with E-state index >= 15 is 0 Å². The van der Waals surface area contributed by atoms with E-state index in [1.54, 1.807) is 6.08 Å². The lowest BCUT2D eigenvalue weighted by Gasteiger charge is -2.34. The average molecular weight is 367 g/mol. The first kappa shape index (κ1) is 22.2. The van der Waals surface area contributed by atoms with Gasteiger partial charge < -0.3 is 15.5 Å². The van der Waals surface area contributed by atoms with E-state index < -0.39 is 0 Å². The Hall–Kier alpha value is -0.820. The minimum atomic E-state index is 0. The van der Waals surface area contributed by atoms with Crippen LogP contribution in [0.1, 0.15) is 12.8 Å². The van der Waals surface area contributed by atoms with Gasteiger partial charge in [0.1, 0.15) is 0 Å². The van der Waals surface area contributed by atoms with Crippen LogP contribution in [0.5, 0.6) is 0 Å². The molecular formula is C15H28Cl2N4O2. The summed E-state index contributed by atoms with van der Waals surface area (Å²) in [6, 6.07) is 0. The molecule has 1 saturated carbocycles. The summed E-state index contributed by atoms with van der Waals surface area (Å²) < 4.78 is 0. The summed E-state index contributed by atoms with van der Waals surface area (Å²) in [7, 11) is 0. The van der Waals surface area contributed by atoms with Crippen molar-refractivity contribution in [2.24, 2.45) is 5.92 Å². The first-order valence-corrected chi connectivity index (χ1v) is 7.77. The van der Waals surface area contributed by atoms with Gasteiger partial charge in [-0.25, -0.2) is 0 Å². The molecule has 2 aliphatic rings. The van der Waals surface area contributed by atoms with E-state index in [4.69, 9.17) is 0 Å². The predicted octanol–water partition coefficient (Wildman–Crippen LogP) is 0.276. The number of carbonyl (C=O) groups excluding carboxylic acids is 2. The Kier molecular flexibility index (Phi) is 11.3. The van der Waals surface area contributed by atoms with E-state index in [2.05, 4.69) is 22.1 Å². The number of nitrogens with one attached hydrogen (secondary N) is 2. The van der Waals surface area contributed by atoms with Crippen LogP contribution in [0.3, 0.4) is 0 Å². The summed E-state index contributed by atoms with van der Waals surface area (Å²) in [5.41, 5.74) is 0. The van der Waals surface area contributed by atoms with Crippen molar-refractivity contribution in [3.05, 3.63) is 12.7 Å². The molecule has 134 valence electrons. The number of amides is 2. The standard InChI is InChI=1S/C15H26N4O2.2ClH/c1-2-5-17-14(20)12-18-6-8-19(9-7-18)15(21)11-16-10-13-3-4-13;;/h2,13,16H,1,3-12H2,(H,17,20);2*1H. The van der Waals surface area contributed by atoms with Gasteiger partial charge in [0, 0.05) is 32.7 Å². The first-order chi connectivity index (χ1) is 10.2. The summed E-state index contributed by atoms with van der Waals surface area (Å²) in [5.74, 6) is 0.982. The number of carbonyl (C=O) groups is 2. The Morgan fingerprint density at radius 1 is 1.13 bits per heavy atom. The van der Waals surface area contributed by atoms with Crippen LogP contribution in [0.15, 0.2) is 12.7 Å². The molecular weight excluding hydrogens is 339 g/mol. The third-order valence-electron chi connectivity index (χ3n) is 3.94. The van der Waals surface area contributed by atoms with Crippen LogP contribution in [-0.2, 0) is 9.59 Å². The van der Waals surface area contributed by atoms with Crippen molar-refractivity contribution in [2.45, 2.75) is 12.8 Å². The molecule has 8 heteroatoms. The number of hydrogen-bond donors (Lipinski definition) is 2. The molecule has 6 nitrogen and oxygen atoms in total. The third-order valence-corrected chi connectivity index (χ3v) is 3.94. The van der Waals surface area contributed by atoms with Gasteiger partial charge in [0.15, 0.2) is 0 Å². The first-order valence-electron chi connectivity index (χ1n) is 7.77. The molecule has 1 saturated heterocycles. The number of nitrogens with zero attached hydrogens (tertiary/aromatic N) is 2. The minimum absolute atomic E-state index is 0. The SMILES string of the molecule is C=CCNC(=O)CN1CCN(C(=O)CNCC2CC2)CC1.Cl.Cl. The molecule has 0 unspecified atom stereocenters. The molecule has 0 aromatic carbocycles. The van der Waals surface area contributed by atoms with Gasteiger partial charge in [-0.3, -0.25) is 14.5 Å². The van der Waals surface area contributed by atoms with Gasteiger partial charge in [0.05, 0.1) is 13.1 Å². The molecule has 1 aliphatic heterocycles. The van der Waals surface area contributed by atoms with Crippen LogP contribution >= 0.6 is 24.8 Å². The Morgan fingerprint density at radius 3 is 2.35 bits per heavy atom. The summed E-state index contributed by atoms with van der Waals surface area (Å²) >= 11 is 0. The maximum absolute atomic E-state index is 12.0. The normalized spacial score (nSPS) is 17.7. The fourth-order valence-electron chi connectivity index (χ4n) is 2.42. The summed E-state index contributed by atoms with van der Waals surface area (Å²) in [4.78, 5) is 27.6. The molecule has 0 radical (unpaired) electrons. The highest BCUT2D eigenvalue weighted by Gasteiger charge is 2.24. The quantitative estimate of drug-likeness (QED) is 0.605. The monoisotopic (exact) mass is 366 g/mol. The minimum Gasteiger partial charge on any atom is -0.352 e. The second-order valence-electron chi connectivity index (χ2n) is 5.82. The fraction of sp³-hybridized carbons (Fsp3) is 0.733. The molecule has 0 bridgehead atoms. The molecule has 2 amide bonds. The van der Waals surface area contributed by atoms with Gasteiger partial charge in [-0.15, -0.1) is 31.4 Å². The van der Waals surface area contributed by atoms with Crippen molar-refractivity contribution in [1.82, 2.24) is 20.4 Å². The van der Waals surface area contributed by atoms with Crippen LogP contribution in [-0.4, -0.2) is 74.0 Å². The van der Waals surface area contributed by atoms with Crippen molar-refractivity contribution >= 4 is 36.6 Å². The maximum Gasteiger partial charge on any atom is 0.236 e. The summed E-state index contributed by atoms with van der Waals surface area (Å²) in [6.07, 6.45) is 4.27. The molecule has 2 N–H and O–H groups in total. The molecule has 0 aromatic rings. The van der Waals surface area contributed by atoms with Gasteiger partial charge in [-0.1, -0.05) is 6.08 Å². The highest BCUT2D eigenvalue weighted by Crippen LogP contribution is 2.27. The van der Waals surface area contributed by atoms with Crippen molar-refractivity contribution in [1.29, 1.82) is 0 Å². The Labute approximate surface area is 150 Å². The van der Waals surface area contributed by atoms with Crippen LogP contribution in [0, 0.1) is 5.92 Å². The third kappa shape index (κ3) is 8.55. The highest BCUT2D eigenvalue weighted by atomic mass is 35.5. The molecule has 2 rings (SSSR count). The average Bonchev–Trinajstić information content (AvgIpc) is 3.30. The Bertz CT molecular complexity index is 384. The molecule has 23 heavy (non-hydrogen) atoms. The van der Waals surface area contributed by atoms with Crippen LogP contribution in [0.4, 0.5) is 0 Å². The molecule has 0 atom stereocenters. The van der Waals surface area contributed by atoms with Gasteiger partial charge in [-0.2, -0.15) is 0 Å². The zero-order chi connectivity index (χ0) is 15.1. The van der Waals surface area contributed by atoms with E-state index in [1.807, 2.05) is 4.90 Å². The smallest absolute Gasteiger partial charge is 0.236 e. The zero-order valence-corrected chi connectivity index (χ0v) is 15.1. The number of piperazine rings is 1. The van der Waals surface area contributed by atoms with E-state index in [1.165, 1.54) is 12.8 Å². The van der Waals surface area contributed by atoms with Gasteiger partial charge >= 0.3 is 0 Å². The van der Waals surface area contributed by atoms with Crippen molar-refractivity contribution < 1.29 is 9.59 Å².